The number of anilines is 2. The average molecular weight is 300 g/mol. The standard InChI is InChI=1S/C15H16N4OS/c20-14-12(8-7-9-3-1-2-4-11(9)16-14)17-15-18-13(19-21-15)10-5-6-10/h1-4,10,12H,5-8H2,(H,16,20)(H,17,18,19). The molecule has 108 valence electrons. The van der Waals surface area contributed by atoms with Crippen LogP contribution in [0.5, 0.6) is 0 Å². The summed E-state index contributed by atoms with van der Waals surface area (Å²) < 4.78 is 4.37. The van der Waals surface area contributed by atoms with Crippen molar-refractivity contribution in [2.45, 2.75) is 37.6 Å². The highest BCUT2D eigenvalue weighted by molar-refractivity contribution is 7.09. The van der Waals surface area contributed by atoms with Gasteiger partial charge in [-0.2, -0.15) is 4.37 Å². The summed E-state index contributed by atoms with van der Waals surface area (Å²) in [5.74, 6) is 1.48. The summed E-state index contributed by atoms with van der Waals surface area (Å²) in [5.41, 5.74) is 2.11. The summed E-state index contributed by atoms with van der Waals surface area (Å²) in [6.45, 7) is 0. The molecule has 21 heavy (non-hydrogen) atoms. The van der Waals surface area contributed by atoms with Crippen molar-refractivity contribution in [1.82, 2.24) is 9.36 Å². The van der Waals surface area contributed by atoms with Gasteiger partial charge in [-0.05, 0) is 37.3 Å². The average Bonchev–Trinajstić information content (AvgIpc) is 3.26. The lowest BCUT2D eigenvalue weighted by Crippen LogP contribution is -2.33. The van der Waals surface area contributed by atoms with Crippen LogP contribution in [0.25, 0.3) is 0 Å². The zero-order chi connectivity index (χ0) is 14.2. The van der Waals surface area contributed by atoms with E-state index in [0.717, 1.165) is 29.5 Å². The minimum atomic E-state index is -0.252. The lowest BCUT2D eigenvalue weighted by Gasteiger charge is -2.13. The number of carbonyl (C=O) groups excluding carboxylic acids is 1. The van der Waals surface area contributed by atoms with E-state index in [9.17, 15) is 4.79 Å². The molecular formula is C15H16N4OS. The van der Waals surface area contributed by atoms with Crippen LogP contribution in [-0.4, -0.2) is 21.3 Å². The lowest BCUT2D eigenvalue weighted by atomic mass is 10.1. The molecule has 0 spiro atoms. The number of carbonyl (C=O) groups is 1. The molecule has 2 heterocycles. The van der Waals surface area contributed by atoms with E-state index >= 15 is 0 Å². The van der Waals surface area contributed by atoms with Gasteiger partial charge in [0.05, 0.1) is 0 Å². The predicted molar refractivity (Wildman–Crippen MR) is 82.7 cm³/mol. The van der Waals surface area contributed by atoms with Crippen LogP contribution in [0.3, 0.4) is 0 Å². The van der Waals surface area contributed by atoms with Gasteiger partial charge in [-0.15, -0.1) is 0 Å². The van der Waals surface area contributed by atoms with Crippen LogP contribution < -0.4 is 10.6 Å². The number of hydrogen-bond donors (Lipinski definition) is 2. The molecule has 4 rings (SSSR count). The Hall–Kier alpha value is -1.95. The van der Waals surface area contributed by atoms with E-state index in [2.05, 4.69) is 26.1 Å². The van der Waals surface area contributed by atoms with E-state index in [1.165, 1.54) is 29.9 Å². The predicted octanol–water partition coefficient (Wildman–Crippen LogP) is 2.78. The van der Waals surface area contributed by atoms with E-state index in [0.29, 0.717) is 5.92 Å². The zero-order valence-electron chi connectivity index (χ0n) is 11.5. The van der Waals surface area contributed by atoms with Gasteiger partial charge >= 0.3 is 0 Å². The molecule has 1 saturated carbocycles. The number of aryl methyl sites for hydroxylation is 1. The number of fused-ring (bicyclic) bond motifs is 1. The van der Waals surface area contributed by atoms with Gasteiger partial charge in [0.15, 0.2) is 0 Å². The molecule has 1 aliphatic heterocycles. The molecule has 1 amide bonds. The smallest absolute Gasteiger partial charge is 0.246 e. The quantitative estimate of drug-likeness (QED) is 0.914. The van der Waals surface area contributed by atoms with Gasteiger partial charge in [-0.1, -0.05) is 18.2 Å². The van der Waals surface area contributed by atoms with Crippen LogP contribution in [0, 0.1) is 0 Å². The molecule has 2 aliphatic rings. The maximum Gasteiger partial charge on any atom is 0.246 e. The maximum absolute atomic E-state index is 12.3. The highest BCUT2D eigenvalue weighted by Gasteiger charge is 2.29. The molecule has 6 heteroatoms. The topological polar surface area (TPSA) is 66.9 Å². The first kappa shape index (κ1) is 12.8. The molecule has 1 fully saturated rings. The van der Waals surface area contributed by atoms with Crippen molar-refractivity contribution < 1.29 is 4.79 Å². The molecule has 5 nitrogen and oxygen atoms in total. The van der Waals surface area contributed by atoms with Gasteiger partial charge in [0.2, 0.25) is 11.0 Å². The summed E-state index contributed by atoms with van der Waals surface area (Å²) in [6.07, 6.45) is 4.02. The third-order valence-electron chi connectivity index (χ3n) is 3.98. The monoisotopic (exact) mass is 300 g/mol. The van der Waals surface area contributed by atoms with Crippen molar-refractivity contribution in [3.05, 3.63) is 35.7 Å². The van der Waals surface area contributed by atoms with Crippen LogP contribution in [-0.2, 0) is 11.2 Å². The normalized spacial score (nSPS) is 21.3. The van der Waals surface area contributed by atoms with Crippen molar-refractivity contribution >= 4 is 28.3 Å². The Balaban J connectivity index is 1.49. The number of benzene rings is 1. The fourth-order valence-electron chi connectivity index (χ4n) is 2.60. The number of amides is 1. The van der Waals surface area contributed by atoms with E-state index in [-0.39, 0.29) is 11.9 Å². The molecule has 2 aromatic rings. The maximum atomic E-state index is 12.3. The van der Waals surface area contributed by atoms with Gasteiger partial charge < -0.3 is 10.6 Å². The van der Waals surface area contributed by atoms with Gasteiger partial charge in [0.25, 0.3) is 0 Å². The number of nitrogens with zero attached hydrogens (tertiary/aromatic N) is 2. The minimum Gasteiger partial charge on any atom is -0.348 e. The van der Waals surface area contributed by atoms with Crippen LogP contribution >= 0.6 is 11.5 Å². The molecular weight excluding hydrogens is 284 g/mol. The van der Waals surface area contributed by atoms with Crippen molar-refractivity contribution in [2.75, 3.05) is 10.6 Å². The van der Waals surface area contributed by atoms with Crippen LogP contribution in [0.1, 0.15) is 36.6 Å². The SMILES string of the molecule is O=C1Nc2ccccc2CCC1Nc1nc(C2CC2)ns1. The second kappa shape index (κ2) is 5.11. The van der Waals surface area contributed by atoms with E-state index in [1.54, 1.807) is 0 Å². The molecule has 0 saturated heterocycles. The summed E-state index contributed by atoms with van der Waals surface area (Å²) in [7, 11) is 0. The third-order valence-corrected chi connectivity index (χ3v) is 4.64. The van der Waals surface area contributed by atoms with Crippen molar-refractivity contribution in [3.8, 4) is 0 Å². The van der Waals surface area contributed by atoms with E-state index < -0.39 is 0 Å². The molecule has 1 aromatic heterocycles. The number of aromatic nitrogens is 2. The summed E-state index contributed by atoms with van der Waals surface area (Å²) in [4.78, 5) is 16.8. The third kappa shape index (κ3) is 2.63. The lowest BCUT2D eigenvalue weighted by molar-refractivity contribution is -0.116. The summed E-state index contributed by atoms with van der Waals surface area (Å²) in [6, 6.07) is 7.71. The van der Waals surface area contributed by atoms with Crippen LogP contribution in [0.4, 0.5) is 10.8 Å². The first-order valence-electron chi connectivity index (χ1n) is 7.28. The van der Waals surface area contributed by atoms with Gasteiger partial charge in [0, 0.05) is 23.1 Å². The van der Waals surface area contributed by atoms with Crippen LogP contribution in [0.2, 0.25) is 0 Å². The molecule has 1 unspecified atom stereocenters. The molecule has 2 N–H and O–H groups in total. The number of para-hydroxylation sites is 1. The number of rotatable bonds is 3. The number of hydrogen-bond acceptors (Lipinski definition) is 5. The Labute approximate surface area is 127 Å². The van der Waals surface area contributed by atoms with Gasteiger partial charge in [-0.3, -0.25) is 4.79 Å². The Bertz CT molecular complexity index is 680. The van der Waals surface area contributed by atoms with Gasteiger partial charge in [-0.25, -0.2) is 4.98 Å². The van der Waals surface area contributed by atoms with E-state index in [1.807, 2.05) is 18.2 Å². The molecule has 0 bridgehead atoms. The summed E-state index contributed by atoms with van der Waals surface area (Å²) in [5, 5.41) is 6.98. The second-order valence-corrected chi connectivity index (χ2v) is 6.37. The molecule has 1 aliphatic carbocycles. The summed E-state index contributed by atoms with van der Waals surface area (Å²) >= 11 is 1.35. The van der Waals surface area contributed by atoms with Crippen LogP contribution in [0.15, 0.2) is 24.3 Å². The highest BCUT2D eigenvalue weighted by atomic mass is 32.1. The fourth-order valence-corrected chi connectivity index (χ4v) is 3.30. The van der Waals surface area contributed by atoms with Crippen molar-refractivity contribution in [1.29, 1.82) is 0 Å². The van der Waals surface area contributed by atoms with Crippen molar-refractivity contribution in [2.24, 2.45) is 0 Å². The Morgan fingerprint density at radius 1 is 1.24 bits per heavy atom. The first-order valence-corrected chi connectivity index (χ1v) is 8.06. The molecule has 0 radical (unpaired) electrons. The first-order chi connectivity index (χ1) is 10.3. The Morgan fingerprint density at radius 3 is 2.95 bits per heavy atom. The van der Waals surface area contributed by atoms with Gasteiger partial charge in [0.1, 0.15) is 11.9 Å². The molecule has 1 aromatic carbocycles. The second-order valence-electron chi connectivity index (χ2n) is 5.61. The van der Waals surface area contributed by atoms with E-state index in [4.69, 9.17) is 0 Å². The largest absolute Gasteiger partial charge is 0.348 e. The zero-order valence-corrected chi connectivity index (χ0v) is 12.3. The Morgan fingerprint density at radius 2 is 2.10 bits per heavy atom. The molecule has 1 atom stereocenters. The minimum absolute atomic E-state index is 0.00289. The number of nitrogens with one attached hydrogen (secondary N) is 2. The van der Waals surface area contributed by atoms with Crippen molar-refractivity contribution in [3.63, 3.8) is 0 Å². The fraction of sp³-hybridized carbons (Fsp3) is 0.400. The highest BCUT2D eigenvalue weighted by Crippen LogP contribution is 2.39. The Kier molecular flexibility index (Phi) is 3.11.